The summed E-state index contributed by atoms with van der Waals surface area (Å²) in [6.07, 6.45) is -3.99. The predicted octanol–water partition coefficient (Wildman–Crippen LogP) is 5.49. The van der Waals surface area contributed by atoms with Gasteiger partial charge in [-0.1, -0.05) is 45.7 Å². The fourth-order valence-electron chi connectivity index (χ4n) is 2.01. The number of hydrogen-bond donors (Lipinski definition) is 2. The van der Waals surface area contributed by atoms with Crippen molar-refractivity contribution in [3.8, 4) is 0 Å². The number of carbonyl (C=O) groups excluding carboxylic acids is 1. The molecule has 2 aromatic rings. The van der Waals surface area contributed by atoms with Crippen molar-refractivity contribution < 1.29 is 18.0 Å². The third kappa shape index (κ3) is 5.14. The summed E-state index contributed by atoms with van der Waals surface area (Å²) in [5.74, 6) is 0. The first-order valence-corrected chi connectivity index (χ1v) is 8.09. The number of nitrogens with one attached hydrogen (secondary N) is 2. The SMILES string of the molecule is O=C(NCCc1ccccc1Br)Nc1ccc(Cl)c(C(F)(F)F)c1. The van der Waals surface area contributed by atoms with Gasteiger partial charge in [0.05, 0.1) is 10.6 Å². The van der Waals surface area contributed by atoms with Gasteiger partial charge in [-0.15, -0.1) is 0 Å². The number of alkyl halides is 3. The van der Waals surface area contributed by atoms with E-state index in [9.17, 15) is 18.0 Å². The minimum absolute atomic E-state index is 0.0186. The van der Waals surface area contributed by atoms with Crippen LogP contribution in [0.2, 0.25) is 5.02 Å². The van der Waals surface area contributed by atoms with Crippen LogP contribution in [-0.2, 0) is 12.6 Å². The highest BCUT2D eigenvalue weighted by molar-refractivity contribution is 9.10. The maximum Gasteiger partial charge on any atom is 0.417 e. The molecule has 128 valence electrons. The zero-order valence-electron chi connectivity index (χ0n) is 12.3. The normalized spacial score (nSPS) is 11.2. The average Bonchev–Trinajstić information content (AvgIpc) is 2.50. The molecule has 0 saturated carbocycles. The van der Waals surface area contributed by atoms with Gasteiger partial charge >= 0.3 is 12.2 Å². The van der Waals surface area contributed by atoms with Gasteiger partial charge in [0, 0.05) is 16.7 Å². The lowest BCUT2D eigenvalue weighted by atomic mass is 10.1. The first-order chi connectivity index (χ1) is 11.3. The van der Waals surface area contributed by atoms with E-state index in [0.29, 0.717) is 13.0 Å². The topological polar surface area (TPSA) is 41.1 Å². The Kier molecular flexibility index (Phi) is 6.12. The second kappa shape index (κ2) is 7.90. The van der Waals surface area contributed by atoms with Crippen LogP contribution in [0.5, 0.6) is 0 Å². The molecule has 2 amide bonds. The summed E-state index contributed by atoms with van der Waals surface area (Å²) in [6, 6.07) is 10.2. The number of rotatable bonds is 4. The average molecular weight is 422 g/mol. The van der Waals surface area contributed by atoms with Crippen LogP contribution in [0.25, 0.3) is 0 Å². The molecule has 0 fully saturated rings. The molecule has 2 rings (SSSR count). The molecule has 24 heavy (non-hydrogen) atoms. The van der Waals surface area contributed by atoms with Crippen molar-refractivity contribution in [3.63, 3.8) is 0 Å². The van der Waals surface area contributed by atoms with Gasteiger partial charge < -0.3 is 10.6 Å². The summed E-state index contributed by atoms with van der Waals surface area (Å²) < 4.78 is 39.3. The summed E-state index contributed by atoms with van der Waals surface area (Å²) in [4.78, 5) is 11.8. The summed E-state index contributed by atoms with van der Waals surface area (Å²) in [5, 5.41) is 4.54. The molecule has 0 unspecified atom stereocenters. The first kappa shape index (κ1) is 18.6. The predicted molar refractivity (Wildman–Crippen MR) is 91.3 cm³/mol. The van der Waals surface area contributed by atoms with Gasteiger partial charge in [0.15, 0.2) is 0 Å². The zero-order valence-corrected chi connectivity index (χ0v) is 14.6. The van der Waals surface area contributed by atoms with Crippen LogP contribution in [0, 0.1) is 0 Å². The lowest BCUT2D eigenvalue weighted by Gasteiger charge is -2.12. The van der Waals surface area contributed by atoms with Crippen LogP contribution in [-0.4, -0.2) is 12.6 Å². The number of benzene rings is 2. The Bertz CT molecular complexity index is 738. The molecule has 8 heteroatoms. The Hall–Kier alpha value is -1.73. The van der Waals surface area contributed by atoms with E-state index in [1.165, 1.54) is 6.07 Å². The monoisotopic (exact) mass is 420 g/mol. The minimum Gasteiger partial charge on any atom is -0.338 e. The largest absolute Gasteiger partial charge is 0.417 e. The van der Waals surface area contributed by atoms with Crippen molar-refractivity contribution in [2.75, 3.05) is 11.9 Å². The van der Waals surface area contributed by atoms with Gasteiger partial charge in [-0.3, -0.25) is 0 Å². The number of anilines is 1. The summed E-state index contributed by atoms with van der Waals surface area (Å²) in [5.41, 5.74) is 0.0453. The van der Waals surface area contributed by atoms with Crippen molar-refractivity contribution in [1.82, 2.24) is 5.32 Å². The van der Waals surface area contributed by atoms with Crippen LogP contribution in [0.1, 0.15) is 11.1 Å². The maximum atomic E-state index is 12.8. The van der Waals surface area contributed by atoms with Gasteiger partial charge in [0.2, 0.25) is 0 Å². The maximum absolute atomic E-state index is 12.8. The van der Waals surface area contributed by atoms with Crippen LogP contribution >= 0.6 is 27.5 Å². The molecule has 0 radical (unpaired) electrons. The molecule has 0 spiro atoms. The van der Waals surface area contributed by atoms with E-state index >= 15 is 0 Å². The number of urea groups is 1. The lowest BCUT2D eigenvalue weighted by Crippen LogP contribution is -2.30. The molecule has 0 aromatic heterocycles. The third-order valence-corrected chi connectivity index (χ3v) is 4.27. The van der Waals surface area contributed by atoms with Gasteiger partial charge in [-0.2, -0.15) is 13.2 Å². The second-order valence-electron chi connectivity index (χ2n) is 4.91. The third-order valence-electron chi connectivity index (χ3n) is 3.17. The van der Waals surface area contributed by atoms with Crippen molar-refractivity contribution in [1.29, 1.82) is 0 Å². The molecular formula is C16H13BrClF3N2O. The Balaban J connectivity index is 1.92. The number of halogens is 5. The molecule has 2 aromatic carbocycles. The number of amides is 2. The summed E-state index contributed by atoms with van der Waals surface area (Å²) >= 11 is 8.93. The smallest absolute Gasteiger partial charge is 0.338 e. The Morgan fingerprint density at radius 1 is 1.17 bits per heavy atom. The van der Waals surface area contributed by atoms with Gasteiger partial charge in [0.1, 0.15) is 0 Å². The molecule has 0 aliphatic rings. The molecule has 0 heterocycles. The number of hydrogen-bond acceptors (Lipinski definition) is 1. The van der Waals surface area contributed by atoms with Crippen molar-refractivity contribution in [3.05, 3.63) is 63.1 Å². The van der Waals surface area contributed by atoms with Crippen LogP contribution < -0.4 is 10.6 Å². The highest BCUT2D eigenvalue weighted by Crippen LogP contribution is 2.36. The van der Waals surface area contributed by atoms with E-state index in [1.807, 2.05) is 24.3 Å². The standard InChI is InChI=1S/C16H13BrClF3N2O/c17-13-4-2-1-3-10(13)7-8-22-15(24)23-11-5-6-14(18)12(9-11)16(19,20)21/h1-6,9H,7-8H2,(H2,22,23,24). The van der Waals surface area contributed by atoms with E-state index in [1.54, 1.807) is 0 Å². The number of carbonyl (C=O) groups is 1. The molecule has 0 atom stereocenters. The first-order valence-electron chi connectivity index (χ1n) is 6.92. The van der Waals surface area contributed by atoms with E-state index in [-0.39, 0.29) is 5.69 Å². The van der Waals surface area contributed by atoms with E-state index < -0.39 is 22.8 Å². The fraction of sp³-hybridized carbons (Fsp3) is 0.188. The zero-order chi connectivity index (χ0) is 17.7. The molecular weight excluding hydrogens is 409 g/mol. The molecule has 2 N–H and O–H groups in total. The van der Waals surface area contributed by atoms with E-state index in [2.05, 4.69) is 26.6 Å². The van der Waals surface area contributed by atoms with Gasteiger partial charge in [0.25, 0.3) is 0 Å². The molecule has 0 saturated heterocycles. The molecule has 3 nitrogen and oxygen atoms in total. The summed E-state index contributed by atoms with van der Waals surface area (Å²) in [7, 11) is 0. The van der Waals surface area contributed by atoms with E-state index in [0.717, 1.165) is 22.2 Å². The van der Waals surface area contributed by atoms with Gasteiger partial charge in [-0.25, -0.2) is 4.79 Å². The quantitative estimate of drug-likeness (QED) is 0.674. The van der Waals surface area contributed by atoms with Crippen LogP contribution in [0.15, 0.2) is 46.9 Å². The highest BCUT2D eigenvalue weighted by atomic mass is 79.9. The van der Waals surface area contributed by atoms with E-state index in [4.69, 9.17) is 11.6 Å². The minimum atomic E-state index is -4.58. The second-order valence-corrected chi connectivity index (χ2v) is 6.18. The molecule has 0 bridgehead atoms. The Morgan fingerprint density at radius 2 is 1.88 bits per heavy atom. The van der Waals surface area contributed by atoms with Crippen LogP contribution in [0.3, 0.4) is 0 Å². The van der Waals surface area contributed by atoms with Crippen molar-refractivity contribution in [2.24, 2.45) is 0 Å². The van der Waals surface area contributed by atoms with Gasteiger partial charge in [-0.05, 0) is 36.2 Å². The summed E-state index contributed by atoms with van der Waals surface area (Å²) in [6.45, 7) is 0.341. The van der Waals surface area contributed by atoms with Crippen LogP contribution in [0.4, 0.5) is 23.7 Å². The van der Waals surface area contributed by atoms with Crippen molar-refractivity contribution in [2.45, 2.75) is 12.6 Å². The molecule has 0 aliphatic carbocycles. The molecule has 0 aliphatic heterocycles. The lowest BCUT2D eigenvalue weighted by molar-refractivity contribution is -0.137. The van der Waals surface area contributed by atoms with Crippen molar-refractivity contribution >= 4 is 39.2 Å². The fourth-order valence-corrected chi connectivity index (χ4v) is 2.72. The Morgan fingerprint density at radius 3 is 2.54 bits per heavy atom. The highest BCUT2D eigenvalue weighted by Gasteiger charge is 2.33. The Labute approximate surface area is 150 Å².